The van der Waals surface area contributed by atoms with Crippen LogP contribution in [-0.2, 0) is 22.7 Å². The van der Waals surface area contributed by atoms with Gasteiger partial charge in [0.1, 0.15) is 18.0 Å². The number of methoxy groups -OCH3 is 1. The Balaban J connectivity index is 2.06. The SMILES string of the molecule is COc1ccccc1NCc1c(COC(C)=O)cnc2[nH]c(=O)[nH]c(=O)c12. The molecule has 0 unspecified atom stereocenters. The van der Waals surface area contributed by atoms with E-state index in [0.717, 1.165) is 5.69 Å². The Labute approximate surface area is 153 Å². The van der Waals surface area contributed by atoms with Crippen molar-refractivity contribution in [3.05, 3.63) is 62.4 Å². The summed E-state index contributed by atoms with van der Waals surface area (Å²) in [5, 5.41) is 3.43. The number of hydrogen-bond acceptors (Lipinski definition) is 7. The van der Waals surface area contributed by atoms with Gasteiger partial charge >= 0.3 is 11.7 Å². The zero-order valence-corrected chi connectivity index (χ0v) is 14.8. The molecule has 0 aliphatic rings. The van der Waals surface area contributed by atoms with Crippen LogP contribution in [-0.4, -0.2) is 28.0 Å². The molecule has 0 saturated carbocycles. The van der Waals surface area contributed by atoms with Crippen LogP contribution < -0.4 is 21.3 Å². The molecule has 3 rings (SSSR count). The summed E-state index contributed by atoms with van der Waals surface area (Å²) in [6.45, 7) is 1.48. The third-order valence-corrected chi connectivity index (χ3v) is 3.96. The summed E-state index contributed by atoms with van der Waals surface area (Å²) in [5.74, 6) is 0.189. The number of anilines is 1. The first-order chi connectivity index (χ1) is 13.0. The number of aromatic amines is 2. The minimum absolute atomic E-state index is 0.0419. The first-order valence-electron chi connectivity index (χ1n) is 8.13. The molecule has 0 spiro atoms. The number of ether oxygens (including phenoxy) is 2. The molecule has 1 aromatic carbocycles. The van der Waals surface area contributed by atoms with Crippen molar-refractivity contribution in [2.24, 2.45) is 0 Å². The standard InChI is InChI=1S/C18H18N4O5/c1-10(23)27-9-11-7-20-16-15(17(24)22-18(25)21-16)12(11)8-19-13-5-3-4-6-14(13)26-2/h3-7,19H,8-9H2,1-2H3,(H2,20,21,22,24,25). The van der Waals surface area contributed by atoms with Crippen molar-refractivity contribution < 1.29 is 14.3 Å². The molecule has 0 amide bonds. The van der Waals surface area contributed by atoms with E-state index in [2.05, 4.69) is 20.3 Å². The quantitative estimate of drug-likeness (QED) is 0.558. The molecule has 0 aliphatic carbocycles. The molecular formula is C18H18N4O5. The molecule has 3 N–H and O–H groups in total. The molecule has 2 heterocycles. The van der Waals surface area contributed by atoms with Crippen molar-refractivity contribution in [1.29, 1.82) is 0 Å². The van der Waals surface area contributed by atoms with Gasteiger partial charge in [0.25, 0.3) is 5.56 Å². The van der Waals surface area contributed by atoms with E-state index in [9.17, 15) is 14.4 Å². The summed E-state index contributed by atoms with van der Waals surface area (Å²) in [7, 11) is 1.56. The third kappa shape index (κ3) is 3.97. The number of esters is 1. The van der Waals surface area contributed by atoms with Crippen molar-refractivity contribution in [2.45, 2.75) is 20.1 Å². The van der Waals surface area contributed by atoms with Gasteiger partial charge in [0.05, 0.1) is 18.2 Å². The molecule has 0 aliphatic heterocycles. The number of carbonyl (C=O) groups excluding carboxylic acids is 1. The number of nitrogens with one attached hydrogen (secondary N) is 3. The van der Waals surface area contributed by atoms with Gasteiger partial charge in [-0.05, 0) is 17.7 Å². The van der Waals surface area contributed by atoms with Gasteiger partial charge in [-0.15, -0.1) is 0 Å². The Morgan fingerprint density at radius 3 is 2.74 bits per heavy atom. The second-order valence-corrected chi connectivity index (χ2v) is 5.73. The molecule has 27 heavy (non-hydrogen) atoms. The highest BCUT2D eigenvalue weighted by atomic mass is 16.5. The third-order valence-electron chi connectivity index (χ3n) is 3.96. The lowest BCUT2D eigenvalue weighted by atomic mass is 10.1. The monoisotopic (exact) mass is 370 g/mol. The van der Waals surface area contributed by atoms with Crippen molar-refractivity contribution in [3.63, 3.8) is 0 Å². The normalized spacial score (nSPS) is 10.6. The van der Waals surface area contributed by atoms with E-state index in [4.69, 9.17) is 9.47 Å². The van der Waals surface area contributed by atoms with Crippen molar-refractivity contribution in [2.75, 3.05) is 12.4 Å². The molecule has 0 saturated heterocycles. The Hall–Kier alpha value is -3.62. The molecule has 0 bridgehead atoms. The summed E-state index contributed by atoms with van der Waals surface area (Å²) in [5.41, 5.74) is 0.790. The zero-order chi connectivity index (χ0) is 19.4. The largest absolute Gasteiger partial charge is 0.495 e. The van der Waals surface area contributed by atoms with Crippen LogP contribution in [0.25, 0.3) is 11.0 Å². The average molecular weight is 370 g/mol. The second-order valence-electron chi connectivity index (χ2n) is 5.73. The second kappa shape index (κ2) is 7.73. The lowest BCUT2D eigenvalue weighted by molar-refractivity contribution is -0.142. The maximum Gasteiger partial charge on any atom is 0.327 e. The highest BCUT2D eigenvalue weighted by Gasteiger charge is 2.15. The number of H-pyrrole nitrogens is 2. The predicted octanol–water partition coefficient (Wildman–Crippen LogP) is 1.30. The Morgan fingerprint density at radius 2 is 2.00 bits per heavy atom. The van der Waals surface area contributed by atoms with Crippen LogP contribution in [0, 0.1) is 0 Å². The molecule has 140 valence electrons. The van der Waals surface area contributed by atoms with Gasteiger partial charge in [-0.1, -0.05) is 12.1 Å². The zero-order valence-electron chi connectivity index (χ0n) is 14.8. The minimum atomic E-state index is -0.642. The first kappa shape index (κ1) is 18.2. The lowest BCUT2D eigenvalue weighted by Crippen LogP contribution is -2.24. The highest BCUT2D eigenvalue weighted by molar-refractivity contribution is 5.79. The van der Waals surface area contributed by atoms with Crippen LogP contribution in [0.2, 0.25) is 0 Å². The minimum Gasteiger partial charge on any atom is -0.495 e. The van der Waals surface area contributed by atoms with Gasteiger partial charge in [-0.3, -0.25) is 19.6 Å². The van der Waals surface area contributed by atoms with E-state index in [0.29, 0.717) is 16.9 Å². The Bertz CT molecular complexity index is 1100. The van der Waals surface area contributed by atoms with Crippen molar-refractivity contribution >= 4 is 22.7 Å². The topological polar surface area (TPSA) is 126 Å². The van der Waals surface area contributed by atoms with Gasteiger partial charge in [0.2, 0.25) is 0 Å². The van der Waals surface area contributed by atoms with Crippen LogP contribution in [0.5, 0.6) is 5.75 Å². The van der Waals surface area contributed by atoms with Gasteiger partial charge in [-0.25, -0.2) is 9.78 Å². The number of pyridine rings is 1. The van der Waals surface area contributed by atoms with Gasteiger partial charge < -0.3 is 14.8 Å². The predicted molar refractivity (Wildman–Crippen MR) is 98.8 cm³/mol. The number of benzene rings is 1. The van der Waals surface area contributed by atoms with E-state index < -0.39 is 17.2 Å². The van der Waals surface area contributed by atoms with Crippen LogP contribution in [0.15, 0.2) is 40.1 Å². The van der Waals surface area contributed by atoms with E-state index in [-0.39, 0.29) is 24.2 Å². The molecule has 0 radical (unpaired) electrons. The first-order valence-corrected chi connectivity index (χ1v) is 8.13. The van der Waals surface area contributed by atoms with Gasteiger partial charge in [-0.2, -0.15) is 0 Å². The van der Waals surface area contributed by atoms with Gasteiger partial charge in [0.15, 0.2) is 0 Å². The summed E-state index contributed by atoms with van der Waals surface area (Å²) in [6, 6.07) is 7.32. The highest BCUT2D eigenvalue weighted by Crippen LogP contribution is 2.25. The molecule has 9 nitrogen and oxygen atoms in total. The van der Waals surface area contributed by atoms with E-state index in [1.165, 1.54) is 13.1 Å². The summed E-state index contributed by atoms with van der Waals surface area (Å²) in [4.78, 5) is 43.9. The number of hydrogen-bond donors (Lipinski definition) is 3. The maximum atomic E-state index is 12.4. The number of rotatable bonds is 6. The summed E-state index contributed by atoms with van der Waals surface area (Å²) < 4.78 is 10.4. The molecule has 3 aromatic rings. The Morgan fingerprint density at radius 1 is 1.22 bits per heavy atom. The van der Waals surface area contributed by atoms with Crippen LogP contribution in [0.3, 0.4) is 0 Å². The molecule has 0 atom stereocenters. The Kier molecular flexibility index (Phi) is 5.20. The average Bonchev–Trinajstić information content (AvgIpc) is 2.64. The van der Waals surface area contributed by atoms with Crippen molar-refractivity contribution in [3.8, 4) is 5.75 Å². The molecule has 9 heteroatoms. The van der Waals surface area contributed by atoms with Crippen molar-refractivity contribution in [1.82, 2.24) is 15.0 Å². The maximum absolute atomic E-state index is 12.4. The molecular weight excluding hydrogens is 352 g/mol. The van der Waals surface area contributed by atoms with Crippen LogP contribution >= 0.6 is 0 Å². The van der Waals surface area contributed by atoms with E-state index in [1.807, 2.05) is 18.2 Å². The fraction of sp³-hybridized carbons (Fsp3) is 0.222. The molecule has 2 aromatic heterocycles. The number of nitrogens with zero attached hydrogens (tertiary/aromatic N) is 1. The number of aromatic nitrogens is 3. The number of para-hydroxylation sites is 2. The lowest BCUT2D eigenvalue weighted by Gasteiger charge is -2.15. The fourth-order valence-electron chi connectivity index (χ4n) is 2.71. The van der Waals surface area contributed by atoms with Crippen LogP contribution in [0.4, 0.5) is 5.69 Å². The van der Waals surface area contributed by atoms with E-state index in [1.54, 1.807) is 13.2 Å². The smallest absolute Gasteiger partial charge is 0.327 e. The number of carbonyl (C=O) groups is 1. The summed E-state index contributed by atoms with van der Waals surface area (Å²) >= 11 is 0. The van der Waals surface area contributed by atoms with Gasteiger partial charge in [0, 0.05) is 25.2 Å². The fourth-order valence-corrected chi connectivity index (χ4v) is 2.71. The van der Waals surface area contributed by atoms with Crippen LogP contribution in [0.1, 0.15) is 18.1 Å². The molecule has 0 fully saturated rings. The summed E-state index contributed by atoms with van der Waals surface area (Å²) in [6.07, 6.45) is 1.47. The number of fused-ring (bicyclic) bond motifs is 1. The van der Waals surface area contributed by atoms with E-state index >= 15 is 0 Å².